The van der Waals surface area contributed by atoms with Crippen LogP contribution in [0.3, 0.4) is 0 Å². The molecule has 1 aromatic heterocycles. The van der Waals surface area contributed by atoms with E-state index in [1.54, 1.807) is 19.4 Å². The molecule has 1 aromatic carbocycles. The van der Waals surface area contributed by atoms with Crippen molar-refractivity contribution in [1.29, 1.82) is 0 Å². The Balaban J connectivity index is 2.53. The van der Waals surface area contributed by atoms with Crippen molar-refractivity contribution in [3.63, 3.8) is 0 Å². The molecule has 1 heterocycles. The molecule has 0 fully saturated rings. The van der Waals surface area contributed by atoms with Crippen molar-refractivity contribution in [2.75, 3.05) is 12.4 Å². The Bertz CT molecular complexity index is 577. The van der Waals surface area contributed by atoms with E-state index in [2.05, 4.69) is 10.3 Å². The molecule has 5 heteroatoms. The highest BCUT2D eigenvalue weighted by atomic mass is 16.5. The first kappa shape index (κ1) is 13.1. The van der Waals surface area contributed by atoms with Crippen LogP contribution in [0.15, 0.2) is 29.1 Å². The molecule has 0 radical (unpaired) electrons. The van der Waals surface area contributed by atoms with Crippen LogP contribution in [0.25, 0.3) is 11.3 Å². The first-order chi connectivity index (χ1) is 9.15. The highest BCUT2D eigenvalue weighted by Gasteiger charge is 2.14. The number of oxazole rings is 1. The van der Waals surface area contributed by atoms with Crippen LogP contribution in [0, 0.1) is 0 Å². The van der Waals surface area contributed by atoms with E-state index in [9.17, 15) is 4.79 Å². The second kappa shape index (κ2) is 5.56. The van der Waals surface area contributed by atoms with Gasteiger partial charge in [-0.15, -0.1) is 0 Å². The Morgan fingerprint density at radius 1 is 1.47 bits per heavy atom. The lowest BCUT2D eigenvalue weighted by Gasteiger charge is -2.13. The fourth-order valence-corrected chi connectivity index (χ4v) is 1.93. The van der Waals surface area contributed by atoms with Gasteiger partial charge in [-0.2, -0.15) is 0 Å². The van der Waals surface area contributed by atoms with E-state index in [4.69, 9.17) is 9.15 Å². The fraction of sp³-hybridized carbons (Fsp3) is 0.286. The molecule has 0 saturated carbocycles. The maximum atomic E-state index is 11.2. The number of benzene rings is 1. The molecule has 100 valence electrons. The number of anilines is 1. The van der Waals surface area contributed by atoms with Crippen LogP contribution in [-0.4, -0.2) is 18.0 Å². The van der Waals surface area contributed by atoms with Crippen LogP contribution >= 0.6 is 0 Å². The lowest BCUT2D eigenvalue weighted by molar-refractivity contribution is -0.114. The number of methoxy groups -OCH3 is 1. The minimum Gasteiger partial charge on any atom is -0.496 e. The highest BCUT2D eigenvalue weighted by Crippen LogP contribution is 2.35. The van der Waals surface area contributed by atoms with Crippen LogP contribution in [0.1, 0.15) is 19.4 Å². The van der Waals surface area contributed by atoms with Gasteiger partial charge in [0.2, 0.25) is 5.91 Å². The molecule has 0 saturated heterocycles. The molecule has 19 heavy (non-hydrogen) atoms. The van der Waals surface area contributed by atoms with E-state index in [0.717, 1.165) is 23.2 Å². The number of hydrogen-bond donors (Lipinski definition) is 1. The number of aromatic nitrogens is 1. The third kappa shape index (κ3) is 2.76. The van der Waals surface area contributed by atoms with Gasteiger partial charge in [-0.1, -0.05) is 6.92 Å². The van der Waals surface area contributed by atoms with Crippen LogP contribution < -0.4 is 10.1 Å². The molecule has 2 rings (SSSR count). The first-order valence-corrected chi connectivity index (χ1v) is 6.03. The van der Waals surface area contributed by atoms with Gasteiger partial charge in [0, 0.05) is 18.7 Å². The fourth-order valence-electron chi connectivity index (χ4n) is 1.93. The number of nitrogens with one attached hydrogen (secondary N) is 1. The number of carbonyl (C=O) groups is 1. The average molecular weight is 260 g/mol. The standard InChI is InChI=1S/C14H16N2O3/c1-4-10-5-11(14-7-15-8-19-14)13(18-3)6-12(10)16-9(2)17/h5-8H,4H2,1-3H3,(H,16,17). The molecule has 5 nitrogen and oxygen atoms in total. The van der Waals surface area contributed by atoms with Gasteiger partial charge in [-0.05, 0) is 18.1 Å². The first-order valence-electron chi connectivity index (χ1n) is 6.03. The predicted molar refractivity (Wildman–Crippen MR) is 72.2 cm³/mol. The lowest BCUT2D eigenvalue weighted by atomic mass is 10.0. The van der Waals surface area contributed by atoms with Crippen molar-refractivity contribution in [1.82, 2.24) is 4.98 Å². The molecule has 0 aliphatic heterocycles. The van der Waals surface area contributed by atoms with E-state index in [1.807, 2.05) is 13.0 Å². The Kier molecular flexibility index (Phi) is 3.85. The Morgan fingerprint density at radius 2 is 2.26 bits per heavy atom. The van der Waals surface area contributed by atoms with Gasteiger partial charge >= 0.3 is 0 Å². The molecule has 2 aromatic rings. The normalized spacial score (nSPS) is 10.3. The molecule has 1 N–H and O–H groups in total. The number of amides is 1. The lowest BCUT2D eigenvalue weighted by Crippen LogP contribution is -2.08. The summed E-state index contributed by atoms with van der Waals surface area (Å²) in [5.74, 6) is 1.17. The van der Waals surface area contributed by atoms with E-state index in [1.165, 1.54) is 13.3 Å². The van der Waals surface area contributed by atoms with Crippen LogP contribution in [0.4, 0.5) is 5.69 Å². The van der Waals surface area contributed by atoms with E-state index < -0.39 is 0 Å². The predicted octanol–water partition coefficient (Wildman–Crippen LogP) is 2.87. The van der Waals surface area contributed by atoms with Gasteiger partial charge in [-0.3, -0.25) is 4.79 Å². The molecular formula is C14H16N2O3. The number of nitrogens with zero attached hydrogens (tertiary/aromatic N) is 1. The molecule has 1 amide bonds. The molecule has 0 aliphatic rings. The van der Waals surface area contributed by atoms with Gasteiger partial charge in [0.05, 0.1) is 18.9 Å². The highest BCUT2D eigenvalue weighted by molar-refractivity contribution is 5.90. The number of aryl methyl sites for hydroxylation is 1. The minimum absolute atomic E-state index is 0.107. The van der Waals surface area contributed by atoms with Crippen molar-refractivity contribution in [2.24, 2.45) is 0 Å². The molecule has 0 aliphatic carbocycles. The summed E-state index contributed by atoms with van der Waals surface area (Å²) in [6.07, 6.45) is 3.80. The van der Waals surface area contributed by atoms with Gasteiger partial charge < -0.3 is 14.5 Å². The molecule has 0 spiro atoms. The summed E-state index contributed by atoms with van der Waals surface area (Å²) < 4.78 is 10.7. The zero-order valence-corrected chi connectivity index (χ0v) is 11.2. The molecule has 0 unspecified atom stereocenters. The molecular weight excluding hydrogens is 244 g/mol. The zero-order valence-electron chi connectivity index (χ0n) is 11.2. The summed E-state index contributed by atoms with van der Waals surface area (Å²) >= 11 is 0. The van der Waals surface area contributed by atoms with E-state index in [0.29, 0.717) is 11.5 Å². The SMILES string of the molecule is CCc1cc(-c2cnco2)c(OC)cc1NC(C)=O. The quantitative estimate of drug-likeness (QED) is 0.918. The van der Waals surface area contributed by atoms with Gasteiger partial charge in [0.25, 0.3) is 0 Å². The Morgan fingerprint density at radius 3 is 2.79 bits per heavy atom. The van der Waals surface area contributed by atoms with Crippen LogP contribution in [0.2, 0.25) is 0 Å². The van der Waals surface area contributed by atoms with Crippen molar-refractivity contribution < 1.29 is 13.9 Å². The summed E-state index contributed by atoms with van der Waals surface area (Å²) in [6.45, 7) is 3.51. The summed E-state index contributed by atoms with van der Waals surface area (Å²) in [5.41, 5.74) is 2.60. The number of hydrogen-bond acceptors (Lipinski definition) is 4. The third-order valence-electron chi connectivity index (χ3n) is 2.81. The topological polar surface area (TPSA) is 64.4 Å². The summed E-state index contributed by atoms with van der Waals surface area (Å²) in [4.78, 5) is 15.1. The third-order valence-corrected chi connectivity index (χ3v) is 2.81. The smallest absolute Gasteiger partial charge is 0.221 e. The van der Waals surface area contributed by atoms with Crippen molar-refractivity contribution in [3.05, 3.63) is 30.3 Å². The number of carbonyl (C=O) groups excluding carboxylic acids is 1. The van der Waals surface area contributed by atoms with Crippen molar-refractivity contribution in [3.8, 4) is 17.1 Å². The maximum absolute atomic E-state index is 11.2. The second-order valence-corrected chi connectivity index (χ2v) is 4.11. The average Bonchev–Trinajstić information content (AvgIpc) is 2.91. The number of rotatable bonds is 4. The largest absolute Gasteiger partial charge is 0.496 e. The second-order valence-electron chi connectivity index (χ2n) is 4.11. The molecule has 0 bridgehead atoms. The van der Waals surface area contributed by atoms with Gasteiger partial charge in [-0.25, -0.2) is 4.98 Å². The Hall–Kier alpha value is -2.30. The van der Waals surface area contributed by atoms with Gasteiger partial charge in [0.15, 0.2) is 12.2 Å². The zero-order chi connectivity index (χ0) is 13.8. The number of ether oxygens (including phenoxy) is 1. The Labute approximate surface area is 111 Å². The van der Waals surface area contributed by atoms with Crippen LogP contribution in [0.5, 0.6) is 5.75 Å². The maximum Gasteiger partial charge on any atom is 0.221 e. The van der Waals surface area contributed by atoms with Crippen LogP contribution in [-0.2, 0) is 11.2 Å². The molecule has 0 atom stereocenters. The minimum atomic E-state index is -0.107. The summed E-state index contributed by atoms with van der Waals surface area (Å²) in [6, 6.07) is 3.75. The van der Waals surface area contributed by atoms with Crippen molar-refractivity contribution in [2.45, 2.75) is 20.3 Å². The van der Waals surface area contributed by atoms with Crippen molar-refractivity contribution >= 4 is 11.6 Å². The summed E-state index contributed by atoms with van der Waals surface area (Å²) in [7, 11) is 1.58. The van der Waals surface area contributed by atoms with E-state index >= 15 is 0 Å². The summed E-state index contributed by atoms with van der Waals surface area (Å²) in [5, 5.41) is 2.81. The van der Waals surface area contributed by atoms with E-state index in [-0.39, 0.29) is 5.91 Å². The monoisotopic (exact) mass is 260 g/mol. The van der Waals surface area contributed by atoms with Gasteiger partial charge in [0.1, 0.15) is 5.75 Å².